The van der Waals surface area contributed by atoms with Crippen molar-refractivity contribution >= 4 is 5.91 Å². The Bertz CT molecular complexity index is 841. The molecule has 1 unspecified atom stereocenters. The van der Waals surface area contributed by atoms with Gasteiger partial charge >= 0.3 is 0 Å². The van der Waals surface area contributed by atoms with E-state index in [2.05, 4.69) is 10.3 Å². The van der Waals surface area contributed by atoms with Gasteiger partial charge in [0.2, 0.25) is 11.8 Å². The van der Waals surface area contributed by atoms with Crippen molar-refractivity contribution in [3.05, 3.63) is 30.2 Å². The van der Waals surface area contributed by atoms with Gasteiger partial charge in [-0.25, -0.2) is 0 Å². The maximum absolute atomic E-state index is 13.0. The zero-order valence-electron chi connectivity index (χ0n) is 17.5. The number of carbonyl (C=O) groups is 1. The smallest absolute Gasteiger partial charge is 0.229 e. The standard InChI is InChI=1S/C22H31N5O3/c28-19(5-12-27-11-2-9-23-27)26-10-1-8-22(16-26,15-17-3-4-17)21-24-20(30-25-21)18-6-13-29-14-7-18/h2,9,11,17-18H,1,3-8,10,12-16H2. The third-order valence-corrected chi connectivity index (χ3v) is 6.91. The van der Waals surface area contributed by atoms with Crippen LogP contribution < -0.4 is 0 Å². The van der Waals surface area contributed by atoms with Crippen molar-refractivity contribution in [2.24, 2.45) is 5.92 Å². The van der Waals surface area contributed by atoms with Crippen molar-refractivity contribution in [3.8, 4) is 0 Å². The molecule has 3 aliphatic rings. The molecule has 2 saturated heterocycles. The molecule has 1 atom stereocenters. The molecular formula is C22H31N5O3. The number of aryl methyl sites for hydroxylation is 1. The van der Waals surface area contributed by atoms with Crippen molar-refractivity contribution in [2.45, 2.75) is 69.2 Å². The number of piperidine rings is 1. The Morgan fingerprint density at radius 1 is 1.23 bits per heavy atom. The van der Waals surface area contributed by atoms with Crippen molar-refractivity contribution < 1.29 is 14.1 Å². The monoisotopic (exact) mass is 413 g/mol. The van der Waals surface area contributed by atoms with Gasteiger partial charge in [-0.1, -0.05) is 18.0 Å². The molecule has 30 heavy (non-hydrogen) atoms. The van der Waals surface area contributed by atoms with E-state index >= 15 is 0 Å². The zero-order chi connectivity index (χ0) is 20.4. The summed E-state index contributed by atoms with van der Waals surface area (Å²) >= 11 is 0. The maximum atomic E-state index is 13.0. The van der Waals surface area contributed by atoms with Crippen molar-refractivity contribution in [1.82, 2.24) is 24.8 Å². The van der Waals surface area contributed by atoms with Gasteiger partial charge in [-0.2, -0.15) is 10.1 Å². The van der Waals surface area contributed by atoms with E-state index in [1.54, 1.807) is 6.20 Å². The molecule has 2 aromatic heterocycles. The summed E-state index contributed by atoms with van der Waals surface area (Å²) in [7, 11) is 0. The van der Waals surface area contributed by atoms with Crippen LogP contribution in [0.3, 0.4) is 0 Å². The number of hydrogen-bond donors (Lipinski definition) is 0. The van der Waals surface area contributed by atoms with E-state index in [1.807, 2.05) is 21.8 Å². The maximum Gasteiger partial charge on any atom is 0.229 e. The Morgan fingerprint density at radius 2 is 2.10 bits per heavy atom. The lowest BCUT2D eigenvalue weighted by Gasteiger charge is -2.41. The Hall–Kier alpha value is -2.22. The van der Waals surface area contributed by atoms with Gasteiger partial charge in [-0.3, -0.25) is 9.48 Å². The van der Waals surface area contributed by atoms with Crippen LogP contribution in [0.4, 0.5) is 0 Å². The van der Waals surface area contributed by atoms with Gasteiger partial charge in [0.1, 0.15) is 0 Å². The van der Waals surface area contributed by atoms with Crippen LogP contribution in [-0.4, -0.2) is 57.0 Å². The molecule has 0 spiro atoms. The number of hydrogen-bond acceptors (Lipinski definition) is 6. The van der Waals surface area contributed by atoms with E-state index in [0.29, 0.717) is 25.4 Å². The molecule has 162 valence electrons. The number of ether oxygens (including phenoxy) is 1. The highest BCUT2D eigenvalue weighted by molar-refractivity contribution is 5.76. The molecule has 0 aromatic carbocycles. The second-order valence-electron chi connectivity index (χ2n) is 9.21. The Balaban J connectivity index is 1.31. The fourth-order valence-electron chi connectivity index (χ4n) is 5.02. The molecule has 1 aliphatic carbocycles. The highest BCUT2D eigenvalue weighted by atomic mass is 16.5. The van der Waals surface area contributed by atoms with Crippen molar-refractivity contribution in [1.29, 1.82) is 0 Å². The van der Waals surface area contributed by atoms with Crippen LogP contribution in [0.1, 0.15) is 69.0 Å². The molecule has 1 amide bonds. The first kappa shape index (κ1) is 19.7. The van der Waals surface area contributed by atoms with E-state index in [0.717, 1.165) is 69.5 Å². The largest absolute Gasteiger partial charge is 0.381 e. The number of likely N-dealkylation sites (tertiary alicyclic amines) is 1. The lowest BCUT2D eigenvalue weighted by Crippen LogP contribution is -2.49. The van der Waals surface area contributed by atoms with Crippen LogP contribution in [0.2, 0.25) is 0 Å². The number of rotatable bonds is 7. The number of carbonyl (C=O) groups excluding carboxylic acids is 1. The summed E-state index contributed by atoms with van der Waals surface area (Å²) in [5.74, 6) is 2.80. The highest BCUT2D eigenvalue weighted by Crippen LogP contribution is 2.46. The average Bonchev–Trinajstić information content (AvgIpc) is 3.23. The van der Waals surface area contributed by atoms with Gasteiger partial charge in [-0.05, 0) is 44.1 Å². The molecule has 0 N–H and O–H groups in total. The summed E-state index contributed by atoms with van der Waals surface area (Å²) in [5, 5.41) is 8.68. The second-order valence-corrected chi connectivity index (χ2v) is 9.21. The van der Waals surface area contributed by atoms with Gasteiger partial charge in [0.05, 0.1) is 5.41 Å². The Labute approximate surface area is 177 Å². The quantitative estimate of drug-likeness (QED) is 0.694. The summed E-state index contributed by atoms with van der Waals surface area (Å²) in [6, 6.07) is 1.89. The molecule has 5 rings (SSSR count). The predicted molar refractivity (Wildman–Crippen MR) is 109 cm³/mol. The molecule has 8 nitrogen and oxygen atoms in total. The molecule has 8 heteroatoms. The van der Waals surface area contributed by atoms with E-state index in [-0.39, 0.29) is 11.3 Å². The van der Waals surface area contributed by atoms with E-state index in [4.69, 9.17) is 14.2 Å². The minimum absolute atomic E-state index is 0.173. The molecule has 0 radical (unpaired) electrons. The lowest BCUT2D eigenvalue weighted by molar-refractivity contribution is -0.134. The first-order chi connectivity index (χ1) is 14.7. The third-order valence-electron chi connectivity index (χ3n) is 6.91. The van der Waals surface area contributed by atoms with E-state index in [1.165, 1.54) is 12.8 Å². The lowest BCUT2D eigenvalue weighted by atomic mass is 9.74. The normalized spacial score (nSPS) is 25.5. The highest BCUT2D eigenvalue weighted by Gasteiger charge is 2.46. The number of nitrogens with zero attached hydrogens (tertiary/aromatic N) is 5. The Kier molecular flexibility index (Phi) is 5.58. The van der Waals surface area contributed by atoms with Gasteiger partial charge in [0.25, 0.3) is 0 Å². The molecule has 1 saturated carbocycles. The minimum atomic E-state index is -0.173. The fourth-order valence-corrected chi connectivity index (χ4v) is 5.02. The molecule has 4 heterocycles. The SMILES string of the molecule is O=C(CCn1cccn1)N1CCCC(CC2CC2)(c2noc(C3CCOCC3)n2)C1. The average molecular weight is 414 g/mol. The van der Waals surface area contributed by atoms with Crippen LogP contribution in [0.5, 0.6) is 0 Å². The van der Waals surface area contributed by atoms with Crippen LogP contribution >= 0.6 is 0 Å². The van der Waals surface area contributed by atoms with Gasteiger partial charge in [-0.15, -0.1) is 0 Å². The van der Waals surface area contributed by atoms with Crippen LogP contribution in [0.25, 0.3) is 0 Å². The summed E-state index contributed by atoms with van der Waals surface area (Å²) < 4.78 is 13.0. The van der Waals surface area contributed by atoms with Crippen LogP contribution in [0.15, 0.2) is 23.0 Å². The first-order valence-corrected chi connectivity index (χ1v) is 11.4. The molecule has 2 aromatic rings. The minimum Gasteiger partial charge on any atom is -0.381 e. The van der Waals surface area contributed by atoms with Gasteiger partial charge in [0.15, 0.2) is 5.82 Å². The van der Waals surface area contributed by atoms with E-state index in [9.17, 15) is 4.79 Å². The Morgan fingerprint density at radius 3 is 2.87 bits per heavy atom. The summed E-state index contributed by atoms with van der Waals surface area (Å²) in [6.45, 7) is 3.65. The number of aromatic nitrogens is 4. The molecule has 2 aliphatic heterocycles. The van der Waals surface area contributed by atoms with Gasteiger partial charge < -0.3 is 14.2 Å². The molecular weight excluding hydrogens is 382 g/mol. The molecule has 3 fully saturated rings. The van der Waals surface area contributed by atoms with Crippen molar-refractivity contribution in [3.63, 3.8) is 0 Å². The van der Waals surface area contributed by atoms with Crippen LogP contribution in [0, 0.1) is 5.92 Å². The summed E-state index contributed by atoms with van der Waals surface area (Å²) in [4.78, 5) is 19.9. The topological polar surface area (TPSA) is 86.3 Å². The van der Waals surface area contributed by atoms with Crippen molar-refractivity contribution in [2.75, 3.05) is 26.3 Å². The predicted octanol–water partition coefficient (Wildman–Crippen LogP) is 2.91. The second kappa shape index (κ2) is 8.49. The summed E-state index contributed by atoms with van der Waals surface area (Å²) in [6.07, 6.45) is 11.6. The number of amides is 1. The van der Waals surface area contributed by atoms with Gasteiger partial charge in [0, 0.05) is 57.6 Å². The first-order valence-electron chi connectivity index (χ1n) is 11.4. The van der Waals surface area contributed by atoms with Crippen LogP contribution in [-0.2, 0) is 21.5 Å². The third kappa shape index (κ3) is 4.29. The van der Waals surface area contributed by atoms with E-state index < -0.39 is 0 Å². The zero-order valence-corrected chi connectivity index (χ0v) is 17.5. The fraction of sp³-hybridized carbons (Fsp3) is 0.727. The molecule has 0 bridgehead atoms. The summed E-state index contributed by atoms with van der Waals surface area (Å²) in [5.41, 5.74) is -0.173.